The van der Waals surface area contributed by atoms with E-state index in [-0.39, 0.29) is 11.6 Å². The molecule has 0 saturated carbocycles. The summed E-state index contributed by atoms with van der Waals surface area (Å²) in [6, 6.07) is 6.02. The maximum absolute atomic E-state index is 13.2. The maximum Gasteiger partial charge on any atom is 0.170 e. The third-order valence-corrected chi connectivity index (χ3v) is 4.51. The van der Waals surface area contributed by atoms with Crippen molar-refractivity contribution in [2.75, 3.05) is 26.2 Å². The molecule has 0 bridgehead atoms. The fraction of sp³-hybridized carbons (Fsp3) is 0.333. The molecule has 0 spiro atoms. The molecule has 1 aliphatic rings. The van der Waals surface area contributed by atoms with Crippen molar-refractivity contribution in [3.8, 4) is 0 Å². The van der Waals surface area contributed by atoms with E-state index in [1.807, 2.05) is 0 Å². The second kappa shape index (κ2) is 6.85. The molecule has 25 heavy (non-hydrogen) atoms. The third kappa shape index (κ3) is 3.67. The van der Waals surface area contributed by atoms with Crippen LogP contribution >= 0.6 is 0 Å². The number of piperazine rings is 1. The maximum atomic E-state index is 13.2. The van der Waals surface area contributed by atoms with Gasteiger partial charge in [-0.05, 0) is 23.8 Å². The lowest BCUT2D eigenvalue weighted by atomic mass is 10.2. The summed E-state index contributed by atoms with van der Waals surface area (Å²) in [5.41, 5.74) is 2.20. The molecule has 0 atom stereocenters. The second-order valence-corrected chi connectivity index (χ2v) is 6.33. The molecule has 1 aliphatic heterocycles. The van der Waals surface area contributed by atoms with Crippen LogP contribution in [0.4, 0.5) is 8.78 Å². The minimum atomic E-state index is -0.323. The Kier molecular flexibility index (Phi) is 4.42. The van der Waals surface area contributed by atoms with Crippen molar-refractivity contribution in [1.29, 1.82) is 0 Å². The van der Waals surface area contributed by atoms with Gasteiger partial charge in [-0.2, -0.15) is 0 Å². The number of hydrogen-bond acceptors (Lipinski definition) is 5. The first kappa shape index (κ1) is 16.1. The van der Waals surface area contributed by atoms with Crippen molar-refractivity contribution in [2.45, 2.75) is 13.1 Å². The molecule has 1 aromatic carbocycles. The zero-order valence-electron chi connectivity index (χ0n) is 13.7. The van der Waals surface area contributed by atoms with Gasteiger partial charge >= 0.3 is 0 Å². The first-order valence-corrected chi connectivity index (χ1v) is 8.25. The second-order valence-electron chi connectivity index (χ2n) is 6.33. The molecule has 3 heterocycles. The van der Waals surface area contributed by atoms with Gasteiger partial charge in [0, 0.05) is 56.9 Å². The van der Waals surface area contributed by atoms with Crippen LogP contribution in [0.15, 0.2) is 41.2 Å². The first-order valence-electron chi connectivity index (χ1n) is 8.25. The van der Waals surface area contributed by atoms with E-state index < -0.39 is 0 Å². The van der Waals surface area contributed by atoms with Crippen molar-refractivity contribution in [2.24, 2.45) is 0 Å². The molecule has 4 rings (SSSR count). The molecule has 0 radical (unpaired) electrons. The van der Waals surface area contributed by atoms with E-state index in [0.29, 0.717) is 18.7 Å². The fourth-order valence-corrected chi connectivity index (χ4v) is 3.20. The van der Waals surface area contributed by atoms with Gasteiger partial charge in [-0.15, -0.1) is 0 Å². The predicted molar refractivity (Wildman–Crippen MR) is 88.7 cm³/mol. The summed E-state index contributed by atoms with van der Waals surface area (Å²) in [5.74, 6) is -0.624. The van der Waals surface area contributed by atoms with Gasteiger partial charge in [0.15, 0.2) is 5.58 Å². The molecule has 130 valence electrons. The van der Waals surface area contributed by atoms with E-state index in [1.165, 1.54) is 24.4 Å². The van der Waals surface area contributed by atoms with Crippen LogP contribution in [0.3, 0.4) is 0 Å². The van der Waals surface area contributed by atoms with Crippen LogP contribution in [0.25, 0.3) is 11.0 Å². The number of nitrogens with zero attached hydrogens (tertiary/aromatic N) is 4. The summed E-state index contributed by atoms with van der Waals surface area (Å²) in [5, 5.41) is 4.94. The Labute approximate surface area is 143 Å². The number of halogens is 2. The van der Waals surface area contributed by atoms with Crippen LogP contribution in [0.5, 0.6) is 0 Å². The lowest BCUT2D eigenvalue weighted by molar-refractivity contribution is 0.120. The normalized spacial score (nSPS) is 16.6. The molecule has 7 heteroatoms. The van der Waals surface area contributed by atoms with E-state index >= 15 is 0 Å². The van der Waals surface area contributed by atoms with Crippen LogP contribution < -0.4 is 0 Å². The Morgan fingerprint density at radius 3 is 2.44 bits per heavy atom. The predicted octanol–water partition coefficient (Wildman–Crippen LogP) is 2.82. The summed E-state index contributed by atoms with van der Waals surface area (Å²) < 4.78 is 31.7. The smallest absolute Gasteiger partial charge is 0.170 e. The third-order valence-electron chi connectivity index (χ3n) is 4.51. The Morgan fingerprint density at radius 1 is 0.920 bits per heavy atom. The number of aromatic nitrogens is 2. The molecule has 1 saturated heterocycles. The number of pyridine rings is 1. The zero-order chi connectivity index (χ0) is 17.2. The standard InChI is InChI=1S/C18H18F2N4O/c19-14-1-2-16-17(22-25-18(16)8-14)12-24-5-3-23(4-6-24)11-13-7-15(20)10-21-9-13/h1-2,7-10H,3-6,11-12H2. The fourth-order valence-electron chi connectivity index (χ4n) is 3.20. The van der Waals surface area contributed by atoms with Gasteiger partial charge in [0.05, 0.1) is 6.20 Å². The van der Waals surface area contributed by atoms with Gasteiger partial charge in [-0.25, -0.2) is 8.78 Å². The van der Waals surface area contributed by atoms with Crippen LogP contribution in [-0.2, 0) is 13.1 Å². The Bertz CT molecular complexity index is 874. The van der Waals surface area contributed by atoms with Crippen molar-refractivity contribution >= 4 is 11.0 Å². The molecule has 0 amide bonds. The van der Waals surface area contributed by atoms with Crippen molar-refractivity contribution in [3.05, 3.63) is 59.6 Å². The average molecular weight is 344 g/mol. The quantitative estimate of drug-likeness (QED) is 0.728. The van der Waals surface area contributed by atoms with Gasteiger partial charge in [0.2, 0.25) is 0 Å². The number of hydrogen-bond donors (Lipinski definition) is 0. The highest BCUT2D eigenvalue weighted by atomic mass is 19.1. The number of benzene rings is 1. The van der Waals surface area contributed by atoms with Gasteiger partial charge in [0.1, 0.15) is 17.3 Å². The molecule has 5 nitrogen and oxygen atoms in total. The first-order chi connectivity index (χ1) is 12.2. The van der Waals surface area contributed by atoms with Crippen molar-refractivity contribution < 1.29 is 13.3 Å². The minimum absolute atomic E-state index is 0.300. The zero-order valence-corrected chi connectivity index (χ0v) is 13.7. The summed E-state index contributed by atoms with van der Waals surface area (Å²) >= 11 is 0. The Morgan fingerprint density at radius 2 is 1.68 bits per heavy atom. The molecular formula is C18H18F2N4O. The monoisotopic (exact) mass is 344 g/mol. The highest BCUT2D eigenvalue weighted by molar-refractivity contribution is 5.79. The SMILES string of the molecule is Fc1cncc(CN2CCN(Cc3noc4cc(F)ccc34)CC2)c1. The van der Waals surface area contributed by atoms with E-state index in [9.17, 15) is 8.78 Å². The van der Waals surface area contributed by atoms with Gasteiger partial charge in [0.25, 0.3) is 0 Å². The summed E-state index contributed by atoms with van der Waals surface area (Å²) in [7, 11) is 0. The molecule has 0 N–H and O–H groups in total. The Hall–Kier alpha value is -2.38. The van der Waals surface area contributed by atoms with E-state index in [2.05, 4.69) is 19.9 Å². The highest BCUT2D eigenvalue weighted by Crippen LogP contribution is 2.21. The molecule has 1 fully saturated rings. The van der Waals surface area contributed by atoms with E-state index in [0.717, 1.165) is 42.8 Å². The van der Waals surface area contributed by atoms with Gasteiger partial charge < -0.3 is 4.52 Å². The Balaban J connectivity index is 1.35. The lowest BCUT2D eigenvalue weighted by Crippen LogP contribution is -2.45. The number of rotatable bonds is 4. The van der Waals surface area contributed by atoms with Gasteiger partial charge in [-0.3, -0.25) is 14.8 Å². The van der Waals surface area contributed by atoms with Crippen molar-refractivity contribution in [3.63, 3.8) is 0 Å². The summed E-state index contributed by atoms with van der Waals surface area (Å²) in [6.45, 7) is 4.93. The topological polar surface area (TPSA) is 45.4 Å². The largest absolute Gasteiger partial charge is 0.356 e. The van der Waals surface area contributed by atoms with Crippen molar-refractivity contribution in [1.82, 2.24) is 19.9 Å². The molecular weight excluding hydrogens is 326 g/mol. The van der Waals surface area contributed by atoms with Crippen LogP contribution in [-0.4, -0.2) is 46.1 Å². The van der Waals surface area contributed by atoms with Crippen LogP contribution in [0.2, 0.25) is 0 Å². The van der Waals surface area contributed by atoms with Crippen LogP contribution in [0.1, 0.15) is 11.3 Å². The van der Waals surface area contributed by atoms with Crippen LogP contribution in [0, 0.1) is 11.6 Å². The lowest BCUT2D eigenvalue weighted by Gasteiger charge is -2.34. The molecule has 0 unspecified atom stereocenters. The van der Waals surface area contributed by atoms with Gasteiger partial charge in [-0.1, -0.05) is 5.16 Å². The molecule has 2 aromatic heterocycles. The highest BCUT2D eigenvalue weighted by Gasteiger charge is 2.19. The summed E-state index contributed by atoms with van der Waals surface area (Å²) in [4.78, 5) is 8.47. The van der Waals surface area contributed by atoms with E-state index in [4.69, 9.17) is 4.52 Å². The summed E-state index contributed by atoms with van der Waals surface area (Å²) in [6.07, 6.45) is 2.92. The molecule has 3 aromatic rings. The molecule has 0 aliphatic carbocycles. The minimum Gasteiger partial charge on any atom is -0.356 e. The van der Waals surface area contributed by atoms with E-state index in [1.54, 1.807) is 12.3 Å². The average Bonchev–Trinajstić information content (AvgIpc) is 2.98. The number of fused-ring (bicyclic) bond motifs is 1.